The van der Waals surface area contributed by atoms with Crippen molar-refractivity contribution < 1.29 is 4.74 Å². The highest BCUT2D eigenvalue weighted by molar-refractivity contribution is 7.98. The zero-order chi connectivity index (χ0) is 9.10. The van der Waals surface area contributed by atoms with Gasteiger partial charge in [0, 0.05) is 19.2 Å². The number of nitrogens with one attached hydrogen (secondary N) is 1. The Balaban J connectivity index is 2.01. The summed E-state index contributed by atoms with van der Waals surface area (Å²) in [4.78, 5) is 8.10. The summed E-state index contributed by atoms with van der Waals surface area (Å²) in [5, 5.41) is 4.08. The van der Waals surface area contributed by atoms with E-state index in [1.807, 2.05) is 12.3 Å². The van der Waals surface area contributed by atoms with Crippen molar-refractivity contribution in [3.63, 3.8) is 0 Å². The van der Waals surface area contributed by atoms with Gasteiger partial charge in [0.25, 0.3) is 0 Å². The monoisotopic (exact) mass is 197 g/mol. The van der Waals surface area contributed by atoms with Gasteiger partial charge in [0.2, 0.25) is 5.88 Å². The SMILES string of the molecule is CSc1cc(OC2CNC2)ncn1. The molecule has 1 saturated heterocycles. The highest BCUT2D eigenvalue weighted by Gasteiger charge is 2.18. The van der Waals surface area contributed by atoms with Gasteiger partial charge >= 0.3 is 0 Å². The second kappa shape index (κ2) is 3.93. The molecule has 0 aliphatic carbocycles. The molecule has 0 bridgehead atoms. The lowest BCUT2D eigenvalue weighted by Crippen LogP contribution is -2.50. The Hall–Kier alpha value is -0.810. The van der Waals surface area contributed by atoms with Crippen LogP contribution in [0.1, 0.15) is 0 Å². The molecule has 5 heteroatoms. The fourth-order valence-corrected chi connectivity index (χ4v) is 1.39. The average Bonchev–Trinajstić information content (AvgIpc) is 2.12. The smallest absolute Gasteiger partial charge is 0.217 e. The minimum absolute atomic E-state index is 0.282. The first-order valence-electron chi connectivity index (χ1n) is 4.12. The van der Waals surface area contributed by atoms with Crippen LogP contribution in [-0.4, -0.2) is 35.4 Å². The molecular weight excluding hydrogens is 186 g/mol. The lowest BCUT2D eigenvalue weighted by Gasteiger charge is -2.27. The molecular formula is C8H11N3OS. The Morgan fingerprint density at radius 1 is 1.54 bits per heavy atom. The normalized spacial score (nSPS) is 16.7. The van der Waals surface area contributed by atoms with Crippen LogP contribution in [0.4, 0.5) is 0 Å². The second-order valence-corrected chi connectivity index (χ2v) is 3.62. The Morgan fingerprint density at radius 3 is 3.00 bits per heavy atom. The molecule has 70 valence electrons. The van der Waals surface area contributed by atoms with Gasteiger partial charge in [0.15, 0.2) is 0 Å². The van der Waals surface area contributed by atoms with E-state index >= 15 is 0 Å². The van der Waals surface area contributed by atoms with Crippen molar-refractivity contribution in [2.45, 2.75) is 11.1 Å². The van der Waals surface area contributed by atoms with Crippen LogP contribution >= 0.6 is 11.8 Å². The van der Waals surface area contributed by atoms with Gasteiger partial charge in [0.1, 0.15) is 17.5 Å². The molecule has 4 nitrogen and oxygen atoms in total. The summed E-state index contributed by atoms with van der Waals surface area (Å²) in [6, 6.07) is 1.86. The molecule has 1 aliphatic heterocycles. The van der Waals surface area contributed by atoms with Gasteiger partial charge in [-0.15, -0.1) is 11.8 Å². The van der Waals surface area contributed by atoms with E-state index in [9.17, 15) is 0 Å². The van der Waals surface area contributed by atoms with E-state index in [1.165, 1.54) is 6.33 Å². The van der Waals surface area contributed by atoms with E-state index in [0.717, 1.165) is 18.1 Å². The van der Waals surface area contributed by atoms with Crippen LogP contribution in [0.5, 0.6) is 5.88 Å². The third kappa shape index (κ3) is 2.10. The van der Waals surface area contributed by atoms with E-state index in [4.69, 9.17) is 4.74 Å². The topological polar surface area (TPSA) is 47.0 Å². The van der Waals surface area contributed by atoms with Crippen molar-refractivity contribution >= 4 is 11.8 Å². The van der Waals surface area contributed by atoms with Crippen molar-refractivity contribution in [3.05, 3.63) is 12.4 Å². The minimum Gasteiger partial charge on any atom is -0.472 e. The van der Waals surface area contributed by atoms with Gasteiger partial charge in [-0.25, -0.2) is 9.97 Å². The van der Waals surface area contributed by atoms with Crippen LogP contribution in [0.2, 0.25) is 0 Å². The van der Waals surface area contributed by atoms with Crippen LogP contribution in [0.25, 0.3) is 0 Å². The van der Waals surface area contributed by atoms with E-state index in [0.29, 0.717) is 5.88 Å². The number of rotatable bonds is 3. The molecule has 1 aromatic rings. The zero-order valence-electron chi connectivity index (χ0n) is 7.36. The van der Waals surface area contributed by atoms with E-state index < -0.39 is 0 Å². The summed E-state index contributed by atoms with van der Waals surface area (Å²) in [5.74, 6) is 0.672. The molecule has 0 atom stereocenters. The van der Waals surface area contributed by atoms with E-state index in [1.54, 1.807) is 11.8 Å². The molecule has 0 amide bonds. The third-order valence-corrected chi connectivity index (χ3v) is 2.50. The molecule has 13 heavy (non-hydrogen) atoms. The Labute approximate surface area is 81.1 Å². The Morgan fingerprint density at radius 2 is 2.38 bits per heavy atom. The average molecular weight is 197 g/mol. The third-order valence-electron chi connectivity index (χ3n) is 1.86. The van der Waals surface area contributed by atoms with Crippen LogP contribution < -0.4 is 10.1 Å². The molecule has 2 heterocycles. The number of hydrogen-bond acceptors (Lipinski definition) is 5. The van der Waals surface area contributed by atoms with Crippen molar-refractivity contribution in [2.24, 2.45) is 0 Å². The second-order valence-electron chi connectivity index (χ2n) is 2.80. The number of thioether (sulfide) groups is 1. The van der Waals surface area contributed by atoms with Gasteiger partial charge in [-0.3, -0.25) is 0 Å². The summed E-state index contributed by atoms with van der Waals surface area (Å²) in [5.41, 5.74) is 0. The molecule has 2 rings (SSSR count). The van der Waals surface area contributed by atoms with Crippen molar-refractivity contribution in [1.82, 2.24) is 15.3 Å². The van der Waals surface area contributed by atoms with Crippen molar-refractivity contribution in [1.29, 1.82) is 0 Å². The largest absolute Gasteiger partial charge is 0.472 e. The van der Waals surface area contributed by atoms with E-state index in [2.05, 4.69) is 15.3 Å². The Bertz CT molecular complexity index is 290. The molecule has 1 aliphatic rings. The first-order valence-corrected chi connectivity index (χ1v) is 5.34. The minimum atomic E-state index is 0.282. The predicted molar refractivity (Wildman–Crippen MR) is 51.1 cm³/mol. The maximum Gasteiger partial charge on any atom is 0.217 e. The van der Waals surface area contributed by atoms with Crippen LogP contribution in [-0.2, 0) is 0 Å². The van der Waals surface area contributed by atoms with E-state index in [-0.39, 0.29) is 6.10 Å². The molecule has 0 spiro atoms. The molecule has 1 fully saturated rings. The fraction of sp³-hybridized carbons (Fsp3) is 0.500. The van der Waals surface area contributed by atoms with Gasteiger partial charge in [-0.2, -0.15) is 0 Å². The fourth-order valence-electron chi connectivity index (χ4n) is 1.02. The number of nitrogens with zero attached hydrogens (tertiary/aromatic N) is 2. The lowest BCUT2D eigenvalue weighted by atomic mass is 10.2. The summed E-state index contributed by atoms with van der Waals surface area (Å²) < 4.78 is 5.57. The highest BCUT2D eigenvalue weighted by Crippen LogP contribution is 2.16. The first kappa shape index (κ1) is 8.77. The summed E-state index contributed by atoms with van der Waals surface area (Å²) in [6.07, 6.45) is 3.80. The Kier molecular flexibility index (Phi) is 2.65. The molecule has 1 N–H and O–H groups in total. The summed E-state index contributed by atoms with van der Waals surface area (Å²) in [7, 11) is 0. The molecule has 0 unspecified atom stereocenters. The predicted octanol–water partition coefficient (Wildman–Crippen LogP) is 0.549. The lowest BCUT2D eigenvalue weighted by molar-refractivity contribution is 0.135. The maximum absolute atomic E-state index is 5.57. The van der Waals surface area contributed by atoms with Crippen molar-refractivity contribution in [2.75, 3.05) is 19.3 Å². The van der Waals surface area contributed by atoms with Crippen LogP contribution in [0.15, 0.2) is 17.4 Å². The first-order chi connectivity index (χ1) is 6.38. The summed E-state index contributed by atoms with van der Waals surface area (Å²) in [6.45, 7) is 1.83. The maximum atomic E-state index is 5.57. The van der Waals surface area contributed by atoms with Gasteiger partial charge in [-0.1, -0.05) is 0 Å². The van der Waals surface area contributed by atoms with Crippen LogP contribution in [0.3, 0.4) is 0 Å². The zero-order valence-corrected chi connectivity index (χ0v) is 8.17. The number of ether oxygens (including phenoxy) is 1. The number of aromatic nitrogens is 2. The van der Waals surface area contributed by atoms with Crippen LogP contribution in [0, 0.1) is 0 Å². The molecule has 1 aromatic heterocycles. The van der Waals surface area contributed by atoms with Gasteiger partial charge < -0.3 is 10.1 Å². The molecule has 0 saturated carbocycles. The molecule has 0 radical (unpaired) electrons. The van der Waals surface area contributed by atoms with Gasteiger partial charge in [0.05, 0.1) is 0 Å². The standard InChI is InChI=1S/C8H11N3OS/c1-13-8-2-7(10-5-11-8)12-6-3-9-4-6/h2,5-6,9H,3-4H2,1H3. The van der Waals surface area contributed by atoms with Gasteiger partial charge in [-0.05, 0) is 6.26 Å². The highest BCUT2D eigenvalue weighted by atomic mass is 32.2. The molecule has 0 aromatic carbocycles. The quantitative estimate of drug-likeness (QED) is 0.566. The number of hydrogen-bond donors (Lipinski definition) is 1. The summed E-state index contributed by atoms with van der Waals surface area (Å²) >= 11 is 1.59. The van der Waals surface area contributed by atoms with Crippen molar-refractivity contribution in [3.8, 4) is 5.88 Å².